The van der Waals surface area contributed by atoms with E-state index in [-0.39, 0.29) is 36.1 Å². The van der Waals surface area contributed by atoms with Crippen molar-refractivity contribution in [2.45, 2.75) is 37.1 Å². The lowest BCUT2D eigenvalue weighted by molar-refractivity contribution is -0.123. The van der Waals surface area contributed by atoms with Gasteiger partial charge >= 0.3 is 0 Å². The van der Waals surface area contributed by atoms with E-state index in [9.17, 15) is 4.79 Å². The van der Waals surface area contributed by atoms with Gasteiger partial charge in [0.15, 0.2) is 0 Å². The van der Waals surface area contributed by atoms with Gasteiger partial charge in [-0.3, -0.25) is 4.79 Å². The van der Waals surface area contributed by atoms with E-state index in [2.05, 4.69) is 49.8 Å². The zero-order valence-corrected chi connectivity index (χ0v) is 17.2. The molecule has 3 heterocycles. The number of hydrogen-bond donors (Lipinski definition) is 2. The highest BCUT2D eigenvalue weighted by Crippen LogP contribution is 2.32. The summed E-state index contributed by atoms with van der Waals surface area (Å²) in [6, 6.07) is 10.0. The molecule has 0 spiro atoms. The van der Waals surface area contributed by atoms with E-state index in [4.69, 9.17) is 9.47 Å². The minimum Gasteiger partial charge on any atom is -0.378 e. The first-order valence-corrected chi connectivity index (χ1v) is 10.5. The van der Waals surface area contributed by atoms with Crippen molar-refractivity contribution < 1.29 is 14.3 Å². The van der Waals surface area contributed by atoms with Gasteiger partial charge in [0.2, 0.25) is 11.9 Å². The Bertz CT molecular complexity index is 915. The summed E-state index contributed by atoms with van der Waals surface area (Å²) in [6.07, 6.45) is 3.48. The van der Waals surface area contributed by atoms with Gasteiger partial charge in [0.05, 0.1) is 31.0 Å². The fourth-order valence-corrected chi connectivity index (χ4v) is 4.08. The van der Waals surface area contributed by atoms with Crippen molar-refractivity contribution in [3.8, 4) is 11.3 Å². The fourth-order valence-electron chi connectivity index (χ4n) is 4.08. The molecule has 0 radical (unpaired) electrons. The summed E-state index contributed by atoms with van der Waals surface area (Å²) in [7, 11) is 4.04. The zero-order chi connectivity index (χ0) is 20.7. The van der Waals surface area contributed by atoms with Crippen molar-refractivity contribution in [2.24, 2.45) is 5.92 Å². The lowest BCUT2D eigenvalue weighted by Crippen LogP contribution is -2.45. The number of aromatic nitrogens is 2. The van der Waals surface area contributed by atoms with Crippen LogP contribution >= 0.6 is 0 Å². The third-order valence-corrected chi connectivity index (χ3v) is 5.98. The molecule has 8 nitrogen and oxygen atoms in total. The Morgan fingerprint density at radius 1 is 1.03 bits per heavy atom. The minimum absolute atomic E-state index is 0.0517. The van der Waals surface area contributed by atoms with Crippen LogP contribution in [0.3, 0.4) is 0 Å². The van der Waals surface area contributed by atoms with Gasteiger partial charge in [-0.05, 0) is 31.0 Å². The summed E-state index contributed by atoms with van der Waals surface area (Å²) in [6.45, 7) is 0.974. The van der Waals surface area contributed by atoms with Crippen molar-refractivity contribution in [3.63, 3.8) is 0 Å². The van der Waals surface area contributed by atoms with Crippen LogP contribution in [0.15, 0.2) is 36.5 Å². The molecule has 4 atom stereocenters. The first kappa shape index (κ1) is 19.3. The Labute approximate surface area is 176 Å². The molecule has 1 aliphatic carbocycles. The average Bonchev–Trinajstić information content (AvgIpc) is 3.43. The number of nitrogens with one attached hydrogen (secondary N) is 2. The van der Waals surface area contributed by atoms with E-state index < -0.39 is 0 Å². The molecule has 2 saturated heterocycles. The van der Waals surface area contributed by atoms with E-state index in [0.29, 0.717) is 19.2 Å². The van der Waals surface area contributed by atoms with Crippen LogP contribution in [0.2, 0.25) is 0 Å². The summed E-state index contributed by atoms with van der Waals surface area (Å²) in [5.74, 6) is 0.857. The van der Waals surface area contributed by atoms with Gasteiger partial charge < -0.3 is 25.0 Å². The highest BCUT2D eigenvalue weighted by atomic mass is 16.6. The quantitative estimate of drug-likeness (QED) is 0.750. The van der Waals surface area contributed by atoms with Gasteiger partial charge in [-0.15, -0.1) is 0 Å². The van der Waals surface area contributed by atoms with Gasteiger partial charge in [-0.25, -0.2) is 9.97 Å². The second-order valence-corrected chi connectivity index (χ2v) is 8.44. The van der Waals surface area contributed by atoms with E-state index in [0.717, 1.165) is 29.8 Å². The number of fused-ring (bicyclic) bond motifs is 1. The molecule has 1 saturated carbocycles. The second-order valence-electron chi connectivity index (χ2n) is 8.44. The van der Waals surface area contributed by atoms with Gasteiger partial charge in [-0.1, -0.05) is 12.1 Å². The molecule has 0 bridgehead atoms. The smallest absolute Gasteiger partial charge is 0.223 e. The van der Waals surface area contributed by atoms with Gasteiger partial charge in [-0.2, -0.15) is 0 Å². The van der Waals surface area contributed by atoms with Crippen LogP contribution in [0.5, 0.6) is 0 Å². The van der Waals surface area contributed by atoms with Gasteiger partial charge in [0, 0.05) is 37.5 Å². The summed E-state index contributed by atoms with van der Waals surface area (Å²) < 4.78 is 11.9. The van der Waals surface area contributed by atoms with E-state index in [1.807, 2.05) is 20.2 Å². The first-order valence-electron chi connectivity index (χ1n) is 10.5. The van der Waals surface area contributed by atoms with Gasteiger partial charge in [0.25, 0.3) is 0 Å². The van der Waals surface area contributed by atoms with Crippen LogP contribution < -0.4 is 15.5 Å². The van der Waals surface area contributed by atoms with Crippen LogP contribution in [-0.4, -0.2) is 67.5 Å². The van der Waals surface area contributed by atoms with Crippen molar-refractivity contribution >= 4 is 17.5 Å². The normalized spacial score (nSPS) is 27.5. The molecule has 2 aliphatic heterocycles. The largest absolute Gasteiger partial charge is 0.378 e. The summed E-state index contributed by atoms with van der Waals surface area (Å²) in [5, 5.41) is 6.46. The van der Waals surface area contributed by atoms with E-state index >= 15 is 0 Å². The Balaban J connectivity index is 1.24. The Hall–Kier alpha value is -2.71. The molecule has 1 amide bonds. The molecule has 1 aromatic heterocycles. The number of carbonyl (C=O) groups is 1. The topological polar surface area (TPSA) is 88.6 Å². The summed E-state index contributed by atoms with van der Waals surface area (Å²) >= 11 is 0. The number of amides is 1. The molecule has 3 aliphatic rings. The summed E-state index contributed by atoms with van der Waals surface area (Å²) in [4.78, 5) is 23.2. The number of hydrogen-bond acceptors (Lipinski definition) is 7. The molecule has 8 heteroatoms. The lowest BCUT2D eigenvalue weighted by Gasteiger charge is -2.18. The third kappa shape index (κ3) is 3.85. The standard InChI is InChI=1S/C22H27N5O3/c1-27(2)15-7-5-13(6-8-15)16-9-10-23-22(25-16)26-18-12-30-19-17(11-29-20(18)19)24-21(28)14-3-4-14/h5-10,14,17-20H,3-4,11-12H2,1-2H3,(H,24,28)(H,23,25,26). The van der Waals surface area contributed by atoms with E-state index in [1.54, 1.807) is 6.20 Å². The van der Waals surface area contributed by atoms with Crippen LogP contribution in [0, 0.1) is 5.92 Å². The lowest BCUT2D eigenvalue weighted by atomic mass is 10.1. The number of benzene rings is 1. The monoisotopic (exact) mass is 409 g/mol. The van der Waals surface area contributed by atoms with Crippen LogP contribution in [-0.2, 0) is 14.3 Å². The number of nitrogens with zero attached hydrogens (tertiary/aromatic N) is 3. The third-order valence-electron chi connectivity index (χ3n) is 5.98. The molecular weight excluding hydrogens is 382 g/mol. The van der Waals surface area contributed by atoms with Crippen molar-refractivity contribution in [3.05, 3.63) is 36.5 Å². The number of anilines is 2. The number of rotatable bonds is 6. The predicted molar refractivity (Wildman–Crippen MR) is 113 cm³/mol. The maximum atomic E-state index is 12.1. The maximum absolute atomic E-state index is 12.1. The molecule has 4 unspecified atom stereocenters. The van der Waals surface area contributed by atoms with Crippen molar-refractivity contribution in [1.82, 2.24) is 15.3 Å². The molecule has 2 N–H and O–H groups in total. The average molecular weight is 409 g/mol. The van der Waals surface area contributed by atoms with Crippen LogP contribution in [0.1, 0.15) is 12.8 Å². The fraction of sp³-hybridized carbons (Fsp3) is 0.500. The predicted octanol–water partition coefficient (Wildman–Crippen LogP) is 1.68. The highest BCUT2D eigenvalue weighted by Gasteiger charge is 2.49. The molecule has 30 heavy (non-hydrogen) atoms. The van der Waals surface area contributed by atoms with Crippen molar-refractivity contribution in [1.29, 1.82) is 0 Å². The molecule has 5 rings (SSSR count). The Kier molecular flexibility index (Phi) is 5.04. The molecule has 3 fully saturated rings. The Morgan fingerprint density at radius 2 is 1.73 bits per heavy atom. The Morgan fingerprint density at radius 3 is 2.43 bits per heavy atom. The molecule has 1 aromatic carbocycles. The number of carbonyl (C=O) groups excluding carboxylic acids is 1. The first-order chi connectivity index (χ1) is 14.6. The van der Waals surface area contributed by atoms with Crippen LogP contribution in [0.4, 0.5) is 11.6 Å². The summed E-state index contributed by atoms with van der Waals surface area (Å²) in [5.41, 5.74) is 3.03. The van der Waals surface area contributed by atoms with E-state index in [1.165, 1.54) is 0 Å². The molecular formula is C22H27N5O3. The molecule has 158 valence electrons. The maximum Gasteiger partial charge on any atom is 0.223 e. The minimum atomic E-state index is -0.132. The van der Waals surface area contributed by atoms with Gasteiger partial charge in [0.1, 0.15) is 12.2 Å². The zero-order valence-electron chi connectivity index (χ0n) is 17.2. The highest BCUT2D eigenvalue weighted by molar-refractivity contribution is 5.81. The van der Waals surface area contributed by atoms with Crippen molar-refractivity contribution in [2.75, 3.05) is 37.5 Å². The second kappa shape index (κ2) is 7.85. The van der Waals surface area contributed by atoms with Crippen LogP contribution in [0.25, 0.3) is 11.3 Å². The SMILES string of the molecule is CN(C)c1ccc(-c2ccnc(NC3COC4C(NC(=O)C5CC5)COC34)n2)cc1. The molecule has 2 aromatic rings. The number of ether oxygens (including phenoxy) is 2.